The van der Waals surface area contributed by atoms with Crippen molar-refractivity contribution < 1.29 is 9.47 Å². The molecule has 2 rings (SSSR count). The Morgan fingerprint density at radius 2 is 1.86 bits per heavy atom. The van der Waals surface area contributed by atoms with Gasteiger partial charge in [0, 0.05) is 0 Å². The third-order valence-corrected chi connectivity index (χ3v) is 4.39. The first-order chi connectivity index (χ1) is 10.2. The number of benzene rings is 1. The van der Waals surface area contributed by atoms with Gasteiger partial charge in [-0.2, -0.15) is 0 Å². The van der Waals surface area contributed by atoms with Crippen LogP contribution in [-0.2, 0) is 9.47 Å². The van der Waals surface area contributed by atoms with Crippen molar-refractivity contribution in [3.8, 4) is 11.5 Å². The summed E-state index contributed by atoms with van der Waals surface area (Å²) in [6.45, 7) is 10.6. The van der Waals surface area contributed by atoms with Gasteiger partial charge in [0.15, 0.2) is 11.9 Å². The maximum Gasteiger partial charge on any atom is 0.165 e. The molecule has 0 amide bonds. The number of hydrogen-bond acceptors (Lipinski definition) is 2. The molecule has 0 N–H and O–H groups in total. The molecular formula is C18H23BrO2Si. The Morgan fingerprint density at radius 1 is 1.18 bits per heavy atom. The van der Waals surface area contributed by atoms with Crippen LogP contribution in [0.15, 0.2) is 29.3 Å². The van der Waals surface area contributed by atoms with Crippen molar-refractivity contribution in [3.05, 3.63) is 40.4 Å². The Hall–Kier alpha value is -0.863. The highest BCUT2D eigenvalue weighted by Gasteiger charge is 2.42. The van der Waals surface area contributed by atoms with Crippen LogP contribution in [0.5, 0.6) is 0 Å². The lowest BCUT2D eigenvalue weighted by molar-refractivity contribution is -0.143. The van der Waals surface area contributed by atoms with Gasteiger partial charge in [-0.1, -0.05) is 65.8 Å². The van der Waals surface area contributed by atoms with Crippen LogP contribution < -0.4 is 0 Å². The van der Waals surface area contributed by atoms with E-state index in [1.807, 2.05) is 37.0 Å². The second-order valence-electron chi connectivity index (χ2n) is 6.92. The summed E-state index contributed by atoms with van der Waals surface area (Å²) in [7, 11) is -1.45. The van der Waals surface area contributed by atoms with Crippen molar-refractivity contribution >= 4 is 30.1 Å². The van der Waals surface area contributed by atoms with Gasteiger partial charge in [-0.05, 0) is 36.0 Å². The minimum absolute atomic E-state index is 0.168. The molecule has 22 heavy (non-hydrogen) atoms. The van der Waals surface area contributed by atoms with Crippen LogP contribution in [0.25, 0.3) is 6.08 Å². The predicted octanol–water partition coefficient (Wildman–Crippen LogP) is 5.13. The summed E-state index contributed by atoms with van der Waals surface area (Å²) in [5, 5.41) is 0. The van der Waals surface area contributed by atoms with Crippen LogP contribution in [0, 0.1) is 11.5 Å². The first-order valence-electron chi connectivity index (χ1n) is 7.46. The van der Waals surface area contributed by atoms with E-state index in [0.29, 0.717) is 0 Å². The van der Waals surface area contributed by atoms with Crippen molar-refractivity contribution in [1.82, 2.24) is 0 Å². The van der Waals surface area contributed by atoms with Gasteiger partial charge < -0.3 is 9.47 Å². The molecule has 2 nitrogen and oxygen atoms in total. The Labute approximate surface area is 143 Å². The lowest BCUT2D eigenvalue weighted by Crippen LogP contribution is -2.22. The predicted molar refractivity (Wildman–Crippen MR) is 98.3 cm³/mol. The number of ether oxygens (including phenoxy) is 2. The largest absolute Gasteiger partial charge is 0.339 e. The van der Waals surface area contributed by atoms with Gasteiger partial charge in [0.05, 0.1) is 0 Å². The van der Waals surface area contributed by atoms with Gasteiger partial charge in [-0.15, -0.1) is 5.54 Å². The van der Waals surface area contributed by atoms with Gasteiger partial charge in [0.25, 0.3) is 0 Å². The number of hydrogen-bond donors (Lipinski definition) is 0. The molecule has 0 unspecified atom stereocenters. The molecule has 1 saturated heterocycles. The molecule has 118 valence electrons. The maximum absolute atomic E-state index is 6.14. The lowest BCUT2D eigenvalue weighted by Gasteiger charge is -2.18. The first kappa shape index (κ1) is 17.5. The summed E-state index contributed by atoms with van der Waals surface area (Å²) >= 11 is 3.35. The molecule has 2 atom stereocenters. The third-order valence-electron chi connectivity index (χ3n) is 3.23. The molecule has 1 aromatic rings. The molecular weight excluding hydrogens is 356 g/mol. The summed E-state index contributed by atoms with van der Waals surface area (Å²) in [6, 6.07) is 8.21. The third kappa shape index (κ3) is 4.56. The fourth-order valence-corrected chi connectivity index (χ4v) is 3.23. The molecule has 1 aliphatic rings. The molecule has 0 spiro atoms. The molecule has 1 fully saturated rings. The molecule has 1 heterocycles. The van der Waals surface area contributed by atoms with Crippen molar-refractivity contribution in [2.75, 3.05) is 0 Å². The van der Waals surface area contributed by atoms with Crippen molar-refractivity contribution in [2.24, 2.45) is 0 Å². The van der Waals surface area contributed by atoms with Crippen molar-refractivity contribution in [2.45, 2.75) is 51.5 Å². The molecule has 4 heteroatoms. The Bertz CT molecular complexity index is 620. The SMILES string of the molecule is CC1(C)O[C@@H](C#C[Si](C)(C)C)[C@H](c2ccccc2/C=C/Br)O1. The van der Waals surface area contributed by atoms with E-state index in [1.54, 1.807) is 0 Å². The Morgan fingerprint density at radius 3 is 2.50 bits per heavy atom. The second kappa shape index (κ2) is 6.72. The van der Waals surface area contributed by atoms with Gasteiger partial charge in [-0.25, -0.2) is 0 Å². The van der Waals surface area contributed by atoms with E-state index < -0.39 is 13.9 Å². The number of rotatable bonds is 2. The molecule has 0 aromatic heterocycles. The summed E-state index contributed by atoms with van der Waals surface area (Å²) in [5.74, 6) is 2.71. The zero-order valence-electron chi connectivity index (χ0n) is 13.8. The molecule has 0 radical (unpaired) electrons. The molecule has 1 aromatic carbocycles. The van der Waals surface area contributed by atoms with Crippen LogP contribution >= 0.6 is 15.9 Å². The monoisotopic (exact) mass is 378 g/mol. The minimum Gasteiger partial charge on any atom is -0.339 e. The van der Waals surface area contributed by atoms with E-state index >= 15 is 0 Å². The topological polar surface area (TPSA) is 18.5 Å². The molecule has 1 aliphatic heterocycles. The van der Waals surface area contributed by atoms with E-state index in [4.69, 9.17) is 9.47 Å². The van der Waals surface area contributed by atoms with Crippen LogP contribution in [0.1, 0.15) is 31.1 Å². The highest BCUT2D eigenvalue weighted by Crippen LogP contribution is 2.39. The van der Waals surface area contributed by atoms with Crippen molar-refractivity contribution in [1.29, 1.82) is 0 Å². The minimum atomic E-state index is -1.45. The maximum atomic E-state index is 6.14. The second-order valence-corrected chi connectivity index (χ2v) is 12.2. The van der Waals surface area contributed by atoms with E-state index in [-0.39, 0.29) is 12.2 Å². The molecule has 0 bridgehead atoms. The van der Waals surface area contributed by atoms with E-state index in [2.05, 4.69) is 59.2 Å². The lowest BCUT2D eigenvalue weighted by atomic mass is 9.99. The highest BCUT2D eigenvalue weighted by atomic mass is 79.9. The summed E-state index contributed by atoms with van der Waals surface area (Å²) in [6.07, 6.45) is 1.62. The van der Waals surface area contributed by atoms with E-state index in [1.165, 1.54) is 0 Å². The van der Waals surface area contributed by atoms with Gasteiger partial charge in [0.1, 0.15) is 14.2 Å². The average molecular weight is 379 g/mol. The highest BCUT2D eigenvalue weighted by molar-refractivity contribution is 9.11. The molecule has 0 aliphatic carbocycles. The Balaban J connectivity index is 2.40. The van der Waals surface area contributed by atoms with E-state index in [9.17, 15) is 0 Å². The Kier molecular flexibility index (Phi) is 5.34. The number of halogens is 1. The summed E-state index contributed by atoms with van der Waals surface area (Å²) in [5.41, 5.74) is 5.64. The molecule has 0 saturated carbocycles. The summed E-state index contributed by atoms with van der Waals surface area (Å²) in [4.78, 5) is 1.86. The van der Waals surface area contributed by atoms with Gasteiger partial charge in [0.2, 0.25) is 0 Å². The van der Waals surface area contributed by atoms with Crippen LogP contribution in [0.2, 0.25) is 19.6 Å². The average Bonchev–Trinajstić information content (AvgIpc) is 2.72. The standard InChI is InChI=1S/C18H23BrO2Si/c1-18(2)20-16(11-13-22(3,4)5)17(21-18)15-9-7-6-8-14(15)10-12-19/h6-10,12,16-17H,1-5H3/b12-10+/t16-,17-/m0/s1. The van der Waals surface area contributed by atoms with E-state index in [0.717, 1.165) is 11.1 Å². The quantitative estimate of drug-likeness (QED) is 0.524. The zero-order valence-corrected chi connectivity index (χ0v) is 16.4. The normalized spacial score (nSPS) is 24.3. The van der Waals surface area contributed by atoms with Crippen LogP contribution in [0.3, 0.4) is 0 Å². The summed E-state index contributed by atoms with van der Waals surface area (Å²) < 4.78 is 12.2. The zero-order chi connectivity index (χ0) is 16.4. The first-order valence-corrected chi connectivity index (χ1v) is 11.9. The van der Waals surface area contributed by atoms with Gasteiger partial charge >= 0.3 is 0 Å². The van der Waals surface area contributed by atoms with Crippen LogP contribution in [0.4, 0.5) is 0 Å². The fraction of sp³-hybridized carbons (Fsp3) is 0.444. The van der Waals surface area contributed by atoms with Gasteiger partial charge in [-0.3, -0.25) is 0 Å². The van der Waals surface area contributed by atoms with Crippen LogP contribution in [-0.4, -0.2) is 20.0 Å². The van der Waals surface area contributed by atoms with Crippen molar-refractivity contribution in [3.63, 3.8) is 0 Å². The smallest absolute Gasteiger partial charge is 0.165 e. The fourth-order valence-electron chi connectivity index (χ4n) is 2.37.